The average molecular weight is 408 g/mol. The van der Waals surface area contributed by atoms with Gasteiger partial charge in [0.25, 0.3) is 5.91 Å². The number of rotatable bonds is 8. The quantitative estimate of drug-likeness (QED) is 0.523. The summed E-state index contributed by atoms with van der Waals surface area (Å²) in [6.07, 6.45) is 0.464. The third kappa shape index (κ3) is 5.47. The van der Waals surface area contributed by atoms with Crippen molar-refractivity contribution in [2.24, 2.45) is 0 Å². The number of benzene rings is 2. The highest BCUT2D eigenvalue weighted by Gasteiger charge is 2.21. The Labute approximate surface area is 166 Å². The average Bonchev–Trinajstić information content (AvgIpc) is 2.68. The summed E-state index contributed by atoms with van der Waals surface area (Å²) in [6.45, 7) is 5.25. The normalized spacial score (nSPS) is 11.3. The van der Waals surface area contributed by atoms with Gasteiger partial charge >= 0.3 is 5.97 Å². The Hall–Kier alpha value is -3.06. The third-order valence-corrected chi connectivity index (χ3v) is 3.91. The molecule has 1 N–H and O–H groups in total. The van der Waals surface area contributed by atoms with E-state index in [9.17, 15) is 14.0 Å². The van der Waals surface area contributed by atoms with Gasteiger partial charge in [-0.2, -0.15) is 0 Å². The predicted molar refractivity (Wildman–Crippen MR) is 104 cm³/mol. The molecule has 0 unspecified atom stereocenters. The molecule has 0 aromatic heterocycles. The zero-order valence-electron chi connectivity index (χ0n) is 15.3. The molecule has 0 aliphatic heterocycles. The fourth-order valence-corrected chi connectivity index (χ4v) is 2.38. The lowest BCUT2D eigenvalue weighted by Crippen LogP contribution is -2.30. The molecule has 0 bridgehead atoms. The summed E-state index contributed by atoms with van der Waals surface area (Å²) in [6, 6.07) is 8.03. The number of hydrogen-bond donors (Lipinski definition) is 1. The molecule has 1 atom stereocenters. The molecule has 0 fully saturated rings. The SMILES string of the molecule is C=CCOc1ccc(C(=O)O[C@H](C)C(=O)Nc2ccc(F)cc2Cl)cc1OC. The molecule has 0 aliphatic rings. The minimum Gasteiger partial charge on any atom is -0.493 e. The van der Waals surface area contributed by atoms with Crippen LogP contribution in [0.15, 0.2) is 49.1 Å². The fourth-order valence-electron chi connectivity index (χ4n) is 2.17. The van der Waals surface area contributed by atoms with Crippen molar-refractivity contribution in [1.82, 2.24) is 0 Å². The summed E-state index contributed by atoms with van der Waals surface area (Å²) in [5.41, 5.74) is 0.392. The molecule has 6 nitrogen and oxygen atoms in total. The van der Waals surface area contributed by atoms with E-state index < -0.39 is 23.8 Å². The number of carbonyl (C=O) groups excluding carboxylic acids is 2. The Morgan fingerprint density at radius 1 is 1.25 bits per heavy atom. The number of esters is 1. The molecule has 2 aromatic carbocycles. The maximum absolute atomic E-state index is 13.1. The third-order valence-electron chi connectivity index (χ3n) is 3.60. The largest absolute Gasteiger partial charge is 0.493 e. The van der Waals surface area contributed by atoms with Gasteiger partial charge in [0.1, 0.15) is 12.4 Å². The van der Waals surface area contributed by atoms with Gasteiger partial charge in [0.2, 0.25) is 0 Å². The zero-order valence-corrected chi connectivity index (χ0v) is 16.1. The summed E-state index contributed by atoms with van der Waals surface area (Å²) in [5.74, 6) is -1.08. The van der Waals surface area contributed by atoms with Crippen molar-refractivity contribution >= 4 is 29.2 Å². The second-order valence-electron chi connectivity index (χ2n) is 5.63. The number of nitrogens with one attached hydrogen (secondary N) is 1. The van der Waals surface area contributed by atoms with Crippen molar-refractivity contribution in [1.29, 1.82) is 0 Å². The Balaban J connectivity index is 2.04. The summed E-state index contributed by atoms with van der Waals surface area (Å²) < 4.78 is 28.9. The summed E-state index contributed by atoms with van der Waals surface area (Å²) in [7, 11) is 1.44. The van der Waals surface area contributed by atoms with Gasteiger partial charge in [-0.25, -0.2) is 9.18 Å². The highest BCUT2D eigenvalue weighted by atomic mass is 35.5. The van der Waals surface area contributed by atoms with Gasteiger partial charge in [-0.1, -0.05) is 24.3 Å². The first-order chi connectivity index (χ1) is 13.3. The first kappa shape index (κ1) is 21.2. The molecule has 1 amide bonds. The van der Waals surface area contributed by atoms with E-state index in [0.717, 1.165) is 12.1 Å². The van der Waals surface area contributed by atoms with Gasteiger partial charge in [0.05, 0.1) is 23.4 Å². The van der Waals surface area contributed by atoms with Crippen molar-refractivity contribution < 1.29 is 28.2 Å². The van der Waals surface area contributed by atoms with Gasteiger partial charge in [-0.15, -0.1) is 0 Å². The lowest BCUT2D eigenvalue weighted by Gasteiger charge is -2.15. The molecule has 8 heteroatoms. The number of hydrogen-bond acceptors (Lipinski definition) is 5. The van der Waals surface area contributed by atoms with E-state index in [1.54, 1.807) is 12.1 Å². The molecule has 0 spiro atoms. The molecule has 2 rings (SSSR count). The monoisotopic (exact) mass is 407 g/mol. The van der Waals surface area contributed by atoms with Crippen LogP contribution in [-0.2, 0) is 9.53 Å². The van der Waals surface area contributed by atoms with E-state index >= 15 is 0 Å². The van der Waals surface area contributed by atoms with Crippen LogP contribution in [0.5, 0.6) is 11.5 Å². The minimum atomic E-state index is -1.11. The summed E-state index contributed by atoms with van der Waals surface area (Å²) in [5, 5.41) is 2.51. The highest BCUT2D eigenvalue weighted by Crippen LogP contribution is 2.28. The molecule has 0 aliphatic carbocycles. The van der Waals surface area contributed by atoms with Crippen LogP contribution in [0.3, 0.4) is 0 Å². The Morgan fingerprint density at radius 2 is 2.00 bits per heavy atom. The standard InChI is InChI=1S/C20H19ClFNO5/c1-4-9-27-17-8-5-13(10-18(17)26-3)20(25)28-12(2)19(24)23-16-7-6-14(22)11-15(16)21/h4-8,10-12H,1,9H2,2-3H3,(H,23,24)/t12-/m1/s1. The fraction of sp³-hybridized carbons (Fsp3) is 0.200. The van der Waals surface area contributed by atoms with Crippen molar-refractivity contribution in [2.75, 3.05) is 19.0 Å². The molecular formula is C20H19ClFNO5. The molecule has 0 saturated heterocycles. The topological polar surface area (TPSA) is 73.9 Å². The van der Waals surface area contributed by atoms with Crippen LogP contribution in [0.25, 0.3) is 0 Å². The Morgan fingerprint density at radius 3 is 2.64 bits per heavy atom. The molecule has 28 heavy (non-hydrogen) atoms. The summed E-state index contributed by atoms with van der Waals surface area (Å²) in [4.78, 5) is 24.5. The maximum atomic E-state index is 13.1. The maximum Gasteiger partial charge on any atom is 0.339 e. The molecule has 0 heterocycles. The van der Waals surface area contributed by atoms with Crippen LogP contribution in [0.2, 0.25) is 5.02 Å². The van der Waals surface area contributed by atoms with Crippen LogP contribution < -0.4 is 14.8 Å². The zero-order chi connectivity index (χ0) is 20.7. The first-order valence-corrected chi connectivity index (χ1v) is 8.62. The molecule has 0 saturated carbocycles. The van der Waals surface area contributed by atoms with E-state index in [1.165, 1.54) is 32.2 Å². The number of halogens is 2. The minimum absolute atomic E-state index is 0.0340. The highest BCUT2D eigenvalue weighted by molar-refractivity contribution is 6.33. The van der Waals surface area contributed by atoms with Crippen LogP contribution in [-0.4, -0.2) is 31.7 Å². The molecule has 0 radical (unpaired) electrons. The van der Waals surface area contributed by atoms with Crippen LogP contribution in [0, 0.1) is 5.82 Å². The van der Waals surface area contributed by atoms with Crippen LogP contribution in [0.1, 0.15) is 17.3 Å². The van der Waals surface area contributed by atoms with Crippen LogP contribution >= 0.6 is 11.6 Å². The van der Waals surface area contributed by atoms with Crippen molar-refractivity contribution in [3.05, 3.63) is 65.5 Å². The van der Waals surface area contributed by atoms with E-state index in [2.05, 4.69) is 11.9 Å². The van der Waals surface area contributed by atoms with E-state index in [4.69, 9.17) is 25.8 Å². The summed E-state index contributed by atoms with van der Waals surface area (Å²) >= 11 is 5.87. The lowest BCUT2D eigenvalue weighted by molar-refractivity contribution is -0.123. The second-order valence-corrected chi connectivity index (χ2v) is 6.03. The van der Waals surface area contributed by atoms with Gasteiger partial charge in [-0.3, -0.25) is 4.79 Å². The van der Waals surface area contributed by atoms with Crippen molar-refractivity contribution in [3.8, 4) is 11.5 Å². The number of carbonyl (C=O) groups is 2. The Kier molecular flexibility index (Phi) is 7.40. The number of amides is 1. The second kappa shape index (κ2) is 9.75. The molecule has 148 valence electrons. The van der Waals surface area contributed by atoms with Crippen molar-refractivity contribution in [3.63, 3.8) is 0 Å². The number of ether oxygens (including phenoxy) is 3. The molecule has 2 aromatic rings. The van der Waals surface area contributed by atoms with E-state index in [1.807, 2.05) is 0 Å². The first-order valence-electron chi connectivity index (χ1n) is 8.24. The van der Waals surface area contributed by atoms with Crippen molar-refractivity contribution in [2.45, 2.75) is 13.0 Å². The van der Waals surface area contributed by atoms with Gasteiger partial charge in [0, 0.05) is 0 Å². The number of anilines is 1. The lowest BCUT2D eigenvalue weighted by atomic mass is 10.2. The van der Waals surface area contributed by atoms with Gasteiger partial charge in [0.15, 0.2) is 17.6 Å². The number of methoxy groups -OCH3 is 1. The van der Waals surface area contributed by atoms with Crippen LogP contribution in [0.4, 0.5) is 10.1 Å². The van der Waals surface area contributed by atoms with E-state index in [0.29, 0.717) is 11.5 Å². The van der Waals surface area contributed by atoms with Gasteiger partial charge in [-0.05, 0) is 43.3 Å². The molecular weight excluding hydrogens is 389 g/mol. The van der Waals surface area contributed by atoms with Gasteiger partial charge < -0.3 is 19.5 Å². The predicted octanol–water partition coefficient (Wildman–Crippen LogP) is 4.24. The Bertz CT molecular complexity index is 887. The van der Waals surface area contributed by atoms with E-state index in [-0.39, 0.29) is 22.9 Å². The smallest absolute Gasteiger partial charge is 0.339 e.